The SMILES string of the molecule is CS(=O)(=O)C1(CN=C(N)N)CCCC1.I. The molecule has 0 aromatic carbocycles. The van der Waals surface area contributed by atoms with Gasteiger partial charge in [-0.25, -0.2) is 8.42 Å². The Kier molecular flexibility index (Phi) is 5.31. The van der Waals surface area contributed by atoms with Gasteiger partial charge in [0.1, 0.15) is 0 Å². The average molecular weight is 347 g/mol. The lowest BCUT2D eigenvalue weighted by atomic mass is 10.1. The lowest BCUT2D eigenvalue weighted by molar-refractivity contribution is 0.521. The predicted octanol–water partition coefficient (Wildman–Crippen LogP) is 0.235. The molecule has 0 heterocycles. The quantitative estimate of drug-likeness (QED) is 0.434. The van der Waals surface area contributed by atoms with Crippen LogP contribution in [0, 0.1) is 0 Å². The molecule has 1 saturated carbocycles. The van der Waals surface area contributed by atoms with Crippen molar-refractivity contribution in [3.63, 3.8) is 0 Å². The summed E-state index contributed by atoms with van der Waals surface area (Å²) in [4.78, 5) is 3.84. The number of halogens is 1. The first-order chi connectivity index (χ1) is 6.37. The minimum atomic E-state index is -3.08. The molecule has 0 bridgehead atoms. The Bertz CT molecular complexity index is 330. The van der Waals surface area contributed by atoms with Crippen molar-refractivity contribution < 1.29 is 8.42 Å². The maximum Gasteiger partial charge on any atom is 0.185 e. The van der Waals surface area contributed by atoms with Crippen molar-refractivity contribution >= 4 is 39.8 Å². The molecule has 1 rings (SSSR count). The number of aliphatic imine (C=N–C) groups is 1. The second-order valence-electron chi connectivity index (χ2n) is 3.90. The van der Waals surface area contributed by atoms with E-state index in [1.54, 1.807) is 0 Å². The van der Waals surface area contributed by atoms with E-state index in [0.717, 1.165) is 12.8 Å². The lowest BCUT2D eigenvalue weighted by Gasteiger charge is -2.24. The smallest absolute Gasteiger partial charge is 0.185 e. The molecule has 90 valence electrons. The van der Waals surface area contributed by atoms with E-state index in [2.05, 4.69) is 4.99 Å². The first kappa shape index (κ1) is 14.9. The van der Waals surface area contributed by atoms with Gasteiger partial charge in [-0.1, -0.05) is 12.8 Å². The topological polar surface area (TPSA) is 98.5 Å². The standard InChI is InChI=1S/C8H17N3O2S.HI/c1-14(12,13)8(4-2-3-5-8)6-11-7(9)10;/h2-6H2,1H3,(H4,9,10,11);1H. The van der Waals surface area contributed by atoms with E-state index < -0.39 is 14.6 Å². The molecule has 0 amide bonds. The van der Waals surface area contributed by atoms with Crippen LogP contribution in [0.25, 0.3) is 0 Å². The van der Waals surface area contributed by atoms with E-state index in [4.69, 9.17) is 11.5 Å². The zero-order chi connectivity index (χ0) is 10.8. The summed E-state index contributed by atoms with van der Waals surface area (Å²) < 4.78 is 22.5. The molecule has 0 saturated heterocycles. The third-order valence-electron chi connectivity index (χ3n) is 2.85. The summed E-state index contributed by atoms with van der Waals surface area (Å²) in [5.41, 5.74) is 10.4. The highest BCUT2D eigenvalue weighted by Gasteiger charge is 2.43. The van der Waals surface area contributed by atoms with E-state index >= 15 is 0 Å². The van der Waals surface area contributed by atoms with Gasteiger partial charge in [-0.15, -0.1) is 24.0 Å². The molecule has 1 aliphatic rings. The van der Waals surface area contributed by atoms with Gasteiger partial charge in [0.25, 0.3) is 0 Å². The van der Waals surface area contributed by atoms with Gasteiger partial charge < -0.3 is 11.5 Å². The van der Waals surface area contributed by atoms with Crippen LogP contribution in [0.3, 0.4) is 0 Å². The monoisotopic (exact) mass is 347 g/mol. The molecule has 5 nitrogen and oxygen atoms in total. The lowest BCUT2D eigenvalue weighted by Crippen LogP contribution is -2.39. The molecule has 15 heavy (non-hydrogen) atoms. The molecule has 7 heteroatoms. The van der Waals surface area contributed by atoms with Crippen LogP contribution in [0.5, 0.6) is 0 Å². The van der Waals surface area contributed by atoms with Gasteiger partial charge in [0, 0.05) is 6.26 Å². The van der Waals surface area contributed by atoms with Crippen LogP contribution in [-0.2, 0) is 9.84 Å². The summed E-state index contributed by atoms with van der Waals surface area (Å²) in [6.07, 6.45) is 4.48. The maximum absolute atomic E-state index is 11.6. The molecule has 0 unspecified atom stereocenters. The number of guanidine groups is 1. The Morgan fingerprint density at radius 3 is 2.13 bits per heavy atom. The minimum Gasteiger partial charge on any atom is -0.370 e. The molecule has 0 radical (unpaired) electrons. The van der Waals surface area contributed by atoms with Crippen LogP contribution in [0.15, 0.2) is 4.99 Å². The predicted molar refractivity (Wildman–Crippen MR) is 72.1 cm³/mol. The van der Waals surface area contributed by atoms with Gasteiger partial charge in [-0.05, 0) is 12.8 Å². The second-order valence-corrected chi connectivity index (χ2v) is 6.31. The van der Waals surface area contributed by atoms with Crippen molar-refractivity contribution in [2.75, 3.05) is 12.8 Å². The number of hydrogen-bond acceptors (Lipinski definition) is 3. The third-order valence-corrected chi connectivity index (χ3v) is 4.96. The fourth-order valence-corrected chi connectivity index (χ4v) is 3.23. The van der Waals surface area contributed by atoms with Crippen LogP contribution in [0.1, 0.15) is 25.7 Å². The molecule has 0 aromatic rings. The van der Waals surface area contributed by atoms with Crippen molar-refractivity contribution in [3.05, 3.63) is 0 Å². The number of rotatable bonds is 3. The summed E-state index contributed by atoms with van der Waals surface area (Å²) in [6.45, 7) is 0.203. The van der Waals surface area contributed by atoms with Crippen molar-refractivity contribution in [3.8, 4) is 0 Å². The Hall–Kier alpha value is -0.0500. The van der Waals surface area contributed by atoms with Crippen molar-refractivity contribution in [2.45, 2.75) is 30.4 Å². The van der Waals surface area contributed by atoms with Crippen LogP contribution >= 0.6 is 24.0 Å². The molecule has 0 spiro atoms. The first-order valence-corrected chi connectivity index (χ1v) is 6.51. The fraction of sp³-hybridized carbons (Fsp3) is 0.875. The Morgan fingerprint density at radius 2 is 1.80 bits per heavy atom. The van der Waals surface area contributed by atoms with Gasteiger partial charge in [0.2, 0.25) is 0 Å². The van der Waals surface area contributed by atoms with E-state index in [-0.39, 0.29) is 36.5 Å². The normalized spacial score (nSPS) is 19.3. The third kappa shape index (κ3) is 3.47. The van der Waals surface area contributed by atoms with Crippen molar-refractivity contribution in [1.82, 2.24) is 0 Å². The summed E-state index contributed by atoms with van der Waals surface area (Å²) in [5.74, 6) is -0.0417. The van der Waals surface area contributed by atoms with Crippen LogP contribution in [-0.4, -0.2) is 31.9 Å². The van der Waals surface area contributed by atoms with Gasteiger partial charge >= 0.3 is 0 Å². The van der Waals surface area contributed by atoms with Crippen LogP contribution in [0.4, 0.5) is 0 Å². The van der Waals surface area contributed by atoms with Crippen molar-refractivity contribution in [1.29, 1.82) is 0 Å². The summed E-state index contributed by atoms with van der Waals surface area (Å²) in [7, 11) is -3.08. The number of hydrogen-bond donors (Lipinski definition) is 2. The maximum atomic E-state index is 11.6. The number of sulfone groups is 1. The zero-order valence-corrected chi connectivity index (χ0v) is 11.9. The molecule has 0 aromatic heterocycles. The Morgan fingerprint density at radius 1 is 1.33 bits per heavy atom. The molecular formula is C8H18IN3O2S. The van der Waals surface area contributed by atoms with E-state index in [1.165, 1.54) is 6.26 Å². The first-order valence-electron chi connectivity index (χ1n) is 4.62. The highest BCUT2D eigenvalue weighted by Crippen LogP contribution is 2.36. The highest BCUT2D eigenvalue weighted by atomic mass is 127. The van der Waals surface area contributed by atoms with Crippen LogP contribution < -0.4 is 11.5 Å². The molecular weight excluding hydrogens is 329 g/mol. The molecule has 0 atom stereocenters. The molecule has 1 aliphatic carbocycles. The minimum absolute atomic E-state index is 0. The largest absolute Gasteiger partial charge is 0.370 e. The van der Waals surface area contributed by atoms with Gasteiger partial charge in [0.15, 0.2) is 15.8 Å². The summed E-state index contributed by atoms with van der Waals surface area (Å²) in [6, 6.07) is 0. The van der Waals surface area contributed by atoms with Gasteiger partial charge in [-0.2, -0.15) is 0 Å². The van der Waals surface area contributed by atoms with Crippen LogP contribution in [0.2, 0.25) is 0 Å². The molecule has 1 fully saturated rings. The summed E-state index contributed by atoms with van der Waals surface area (Å²) in [5, 5.41) is 0. The highest BCUT2D eigenvalue weighted by molar-refractivity contribution is 14.0. The zero-order valence-electron chi connectivity index (χ0n) is 8.77. The molecule has 0 aliphatic heterocycles. The van der Waals surface area contributed by atoms with Crippen molar-refractivity contribution in [2.24, 2.45) is 16.5 Å². The second kappa shape index (κ2) is 5.33. The van der Waals surface area contributed by atoms with E-state index in [0.29, 0.717) is 12.8 Å². The van der Waals surface area contributed by atoms with Gasteiger partial charge in [0.05, 0.1) is 11.3 Å². The molecule has 4 N–H and O–H groups in total. The number of nitrogens with two attached hydrogens (primary N) is 2. The Balaban J connectivity index is 0.00000196. The van der Waals surface area contributed by atoms with E-state index in [9.17, 15) is 8.42 Å². The number of nitrogens with zero attached hydrogens (tertiary/aromatic N) is 1. The van der Waals surface area contributed by atoms with Gasteiger partial charge in [-0.3, -0.25) is 4.99 Å². The van der Waals surface area contributed by atoms with E-state index in [1.807, 2.05) is 0 Å². The Labute approximate surface area is 108 Å². The summed E-state index contributed by atoms with van der Waals surface area (Å²) >= 11 is 0. The fourth-order valence-electron chi connectivity index (χ4n) is 1.90. The average Bonchev–Trinajstić information content (AvgIpc) is 2.48.